The van der Waals surface area contributed by atoms with E-state index in [0.29, 0.717) is 0 Å². The van der Waals surface area contributed by atoms with Crippen molar-refractivity contribution in [1.29, 1.82) is 0 Å². The van der Waals surface area contributed by atoms with Gasteiger partial charge in [0.15, 0.2) is 0 Å². The van der Waals surface area contributed by atoms with Crippen molar-refractivity contribution in [2.24, 2.45) is 0 Å². The third kappa shape index (κ3) is 26.6. The molecule has 0 N–H and O–H groups in total. The van der Waals surface area contributed by atoms with Crippen molar-refractivity contribution < 1.29 is 91.1 Å². The van der Waals surface area contributed by atoms with Gasteiger partial charge in [0.2, 0.25) is 0 Å². The van der Waals surface area contributed by atoms with E-state index in [0.717, 1.165) is 20.4 Å². The molecule has 0 aliphatic rings. The van der Waals surface area contributed by atoms with E-state index in [-0.39, 0.29) is 90.5 Å². The number of hydrogen-bond acceptors (Lipinski definition) is 1. The molecule has 0 saturated heterocycles. The molecule has 0 aromatic heterocycles. The van der Waals surface area contributed by atoms with Crippen LogP contribution in [0.2, 0.25) is 0 Å². The first-order chi connectivity index (χ1) is 1.00. The molecular weight excluding hydrogens is 225 g/mol. The molecule has 0 heterocycles. The Hall–Kier alpha value is 3.29. The van der Waals surface area contributed by atoms with Crippen molar-refractivity contribution in [2.75, 3.05) is 0 Å². The van der Waals surface area contributed by atoms with Crippen LogP contribution < -0.4 is 29.6 Å². The van der Waals surface area contributed by atoms with Gasteiger partial charge in [0.05, 0.1) is 0 Å². The molecule has 0 aromatic rings. The first kappa shape index (κ1) is 34.7. The summed E-state index contributed by atoms with van der Waals surface area (Å²) in [5.41, 5.74) is 0. The zero-order valence-electron chi connectivity index (χ0n) is 6.31. The summed E-state index contributed by atoms with van der Waals surface area (Å²) >= 11 is 0.750. The van der Waals surface area contributed by atoms with Crippen molar-refractivity contribution in [1.82, 2.24) is 0 Å². The van der Waals surface area contributed by atoms with E-state index in [4.69, 9.17) is 3.32 Å². The SMILES string of the molecule is [H-].[H-].[H-].[Mg+2].[Mn].[Na+].[Ni].[O]=[Ti]. The molecule has 1 nitrogen and oxygen atoms in total. The van der Waals surface area contributed by atoms with Crippen LogP contribution in [0.5, 0.6) is 0 Å². The Morgan fingerprint density at radius 3 is 1.33 bits per heavy atom. The van der Waals surface area contributed by atoms with Gasteiger partial charge in [0, 0.05) is 33.6 Å². The van der Waals surface area contributed by atoms with E-state index in [1.165, 1.54) is 0 Å². The first-order valence-corrected chi connectivity index (χ1v) is 0.842. The fraction of sp³-hybridized carbons (Fsp3) is 0. The molecule has 0 aliphatic carbocycles. The van der Waals surface area contributed by atoms with E-state index in [1.807, 2.05) is 0 Å². The van der Waals surface area contributed by atoms with Gasteiger partial charge in [-0.1, -0.05) is 0 Å². The third-order valence-corrected chi connectivity index (χ3v) is 0. The van der Waals surface area contributed by atoms with Gasteiger partial charge in [-0.15, -0.1) is 0 Å². The van der Waals surface area contributed by atoms with Gasteiger partial charge in [0.1, 0.15) is 0 Å². The molecule has 0 saturated carbocycles. The van der Waals surface area contributed by atoms with Crippen LogP contribution in [0.25, 0.3) is 0 Å². The Labute approximate surface area is 112 Å². The number of rotatable bonds is 0. The quantitative estimate of drug-likeness (QED) is 0.400. The molecule has 0 aromatic carbocycles. The molecule has 0 bridgehead atoms. The van der Waals surface area contributed by atoms with Crippen LogP contribution in [-0.4, -0.2) is 23.1 Å². The Morgan fingerprint density at radius 1 is 1.33 bits per heavy atom. The normalized spacial score (nSPS) is 0.500. The van der Waals surface area contributed by atoms with Gasteiger partial charge in [0.25, 0.3) is 0 Å². The third-order valence-electron chi connectivity index (χ3n) is 0. The second kappa shape index (κ2) is 40.7. The minimum atomic E-state index is 0. The number of hydrogen-bond donors (Lipinski definition) is 0. The van der Waals surface area contributed by atoms with Crippen molar-refractivity contribution in [3.05, 3.63) is 0 Å². The summed E-state index contributed by atoms with van der Waals surface area (Å²) in [5.74, 6) is 0. The van der Waals surface area contributed by atoms with Crippen LogP contribution in [0.1, 0.15) is 4.28 Å². The predicted molar refractivity (Wildman–Crippen MR) is 9.78 cm³/mol. The van der Waals surface area contributed by atoms with Gasteiger partial charge >= 0.3 is 76.3 Å². The van der Waals surface area contributed by atoms with Gasteiger partial charge in [-0.05, 0) is 0 Å². The summed E-state index contributed by atoms with van der Waals surface area (Å²) in [5, 5.41) is 0. The maximum absolute atomic E-state index is 8.25. The zero-order chi connectivity index (χ0) is 2.00. The summed E-state index contributed by atoms with van der Waals surface area (Å²) in [7, 11) is 0. The van der Waals surface area contributed by atoms with Gasteiger partial charge in [-0.2, -0.15) is 0 Å². The minimum absolute atomic E-state index is 0. The van der Waals surface area contributed by atoms with Crippen LogP contribution in [0.3, 0.4) is 0 Å². The summed E-state index contributed by atoms with van der Waals surface area (Å²) in [6, 6.07) is 0. The summed E-state index contributed by atoms with van der Waals surface area (Å²) in [4.78, 5) is 0. The standard InChI is InChI=1S/Mg.Mn.Na.Ni.O.Ti.3H/q+2;;+1;;;;3*-1. The Kier molecular flexibility index (Phi) is 235. The van der Waals surface area contributed by atoms with Crippen LogP contribution in [-0.2, 0) is 57.3 Å². The van der Waals surface area contributed by atoms with E-state index >= 15 is 0 Å². The van der Waals surface area contributed by atoms with Crippen molar-refractivity contribution in [2.45, 2.75) is 0 Å². The topological polar surface area (TPSA) is 17.1 Å². The van der Waals surface area contributed by atoms with Gasteiger partial charge in [-0.3, -0.25) is 0 Å². The van der Waals surface area contributed by atoms with Gasteiger partial charge in [-0.25, -0.2) is 0 Å². The first-order valence-electron chi connectivity index (χ1n) is 0.204. The molecule has 0 rings (SSSR count). The molecule has 0 atom stereocenters. The molecule has 0 unspecified atom stereocenters. The molecule has 33 valence electrons. The molecule has 0 fully saturated rings. The average molecular weight is 228 g/mol. The fourth-order valence-electron chi connectivity index (χ4n) is 0. The molecule has 0 aliphatic heterocycles. The van der Waals surface area contributed by atoms with E-state index in [1.54, 1.807) is 0 Å². The van der Waals surface area contributed by atoms with E-state index in [2.05, 4.69) is 0 Å². The van der Waals surface area contributed by atoms with Crippen LogP contribution in [0.4, 0.5) is 0 Å². The fourth-order valence-corrected chi connectivity index (χ4v) is 0. The van der Waals surface area contributed by atoms with E-state index < -0.39 is 0 Å². The summed E-state index contributed by atoms with van der Waals surface area (Å²) in [6.07, 6.45) is 0. The molecule has 0 amide bonds. The summed E-state index contributed by atoms with van der Waals surface area (Å²) < 4.78 is 8.25. The van der Waals surface area contributed by atoms with E-state index in [9.17, 15) is 0 Å². The monoisotopic (exact) mass is 227 g/mol. The van der Waals surface area contributed by atoms with Crippen LogP contribution in [0, 0.1) is 0 Å². The molecule has 1 radical (unpaired) electrons. The molecular formula is H3MgMnNaNiOTi. The average Bonchev–Trinajstić information content (AvgIpc) is 1.00. The Morgan fingerprint density at radius 2 is 1.33 bits per heavy atom. The molecule has 6 heavy (non-hydrogen) atoms. The summed E-state index contributed by atoms with van der Waals surface area (Å²) in [6.45, 7) is 0. The van der Waals surface area contributed by atoms with Crippen LogP contribution >= 0.6 is 0 Å². The zero-order valence-corrected chi connectivity index (χ0v) is 10.5. The van der Waals surface area contributed by atoms with Crippen molar-refractivity contribution in [3.8, 4) is 0 Å². The van der Waals surface area contributed by atoms with Crippen molar-refractivity contribution >= 4 is 23.1 Å². The Bertz CT molecular complexity index is 23.8. The van der Waals surface area contributed by atoms with Crippen LogP contribution in [0.15, 0.2) is 0 Å². The Balaban J connectivity index is -0.000000000238. The van der Waals surface area contributed by atoms with Crippen molar-refractivity contribution in [3.63, 3.8) is 0 Å². The predicted octanol–water partition coefficient (Wildman–Crippen LogP) is -3.17. The molecule has 6 heteroatoms. The molecule has 0 spiro atoms. The van der Waals surface area contributed by atoms with Gasteiger partial charge < -0.3 is 4.28 Å². The second-order valence-electron chi connectivity index (χ2n) is 0. The maximum atomic E-state index is 8.25. The second-order valence-corrected chi connectivity index (χ2v) is 0.